The molecule has 2 aromatic rings. The summed E-state index contributed by atoms with van der Waals surface area (Å²) in [6.45, 7) is 9.27. The van der Waals surface area contributed by atoms with Crippen LogP contribution in [0.2, 0.25) is 0 Å². The second-order valence-corrected chi connectivity index (χ2v) is 9.26. The standard InChI is InChI=1S/C25H34N2O/c1-19-12-11-15-21(24(2,3)4)22(19)27-23(28)26-18-25(16-9-6-10-17-25)20-13-7-5-8-14-20/h5,7-8,11-15H,6,9-10,16-18H2,1-4H3,(H2,26,27,28). The lowest BCUT2D eigenvalue weighted by molar-refractivity contribution is 0.240. The van der Waals surface area contributed by atoms with E-state index in [2.05, 4.69) is 86.9 Å². The molecule has 28 heavy (non-hydrogen) atoms. The third kappa shape index (κ3) is 4.57. The van der Waals surface area contributed by atoms with Crippen molar-refractivity contribution in [3.63, 3.8) is 0 Å². The van der Waals surface area contributed by atoms with E-state index in [1.54, 1.807) is 0 Å². The van der Waals surface area contributed by atoms with E-state index in [0.29, 0.717) is 6.54 Å². The molecule has 150 valence electrons. The zero-order valence-electron chi connectivity index (χ0n) is 17.8. The van der Waals surface area contributed by atoms with Crippen LogP contribution >= 0.6 is 0 Å². The Morgan fingerprint density at radius 1 is 0.964 bits per heavy atom. The topological polar surface area (TPSA) is 41.1 Å². The smallest absolute Gasteiger partial charge is 0.319 e. The van der Waals surface area contributed by atoms with Crippen LogP contribution in [-0.4, -0.2) is 12.6 Å². The first-order chi connectivity index (χ1) is 13.3. The van der Waals surface area contributed by atoms with Crippen molar-refractivity contribution in [2.24, 2.45) is 0 Å². The summed E-state index contributed by atoms with van der Waals surface area (Å²) in [7, 11) is 0. The van der Waals surface area contributed by atoms with Crippen LogP contribution in [0.1, 0.15) is 69.6 Å². The van der Waals surface area contributed by atoms with Gasteiger partial charge in [-0.2, -0.15) is 0 Å². The number of hydrogen-bond acceptors (Lipinski definition) is 1. The Kier molecular flexibility index (Phi) is 6.12. The van der Waals surface area contributed by atoms with Gasteiger partial charge in [-0.05, 0) is 41.9 Å². The number of benzene rings is 2. The molecular formula is C25H34N2O. The van der Waals surface area contributed by atoms with E-state index >= 15 is 0 Å². The second-order valence-electron chi connectivity index (χ2n) is 9.26. The summed E-state index contributed by atoms with van der Waals surface area (Å²) in [5, 5.41) is 6.34. The maximum Gasteiger partial charge on any atom is 0.319 e. The zero-order chi connectivity index (χ0) is 20.2. The molecule has 2 aromatic carbocycles. The number of rotatable bonds is 4. The Labute approximate surface area is 169 Å². The summed E-state index contributed by atoms with van der Waals surface area (Å²) in [6.07, 6.45) is 6.01. The fourth-order valence-corrected chi connectivity index (χ4v) is 4.45. The summed E-state index contributed by atoms with van der Waals surface area (Å²) in [6, 6.07) is 16.8. The molecule has 0 aliphatic heterocycles. The molecular weight excluding hydrogens is 344 g/mol. The molecule has 0 unspecified atom stereocenters. The van der Waals surface area contributed by atoms with Crippen LogP contribution in [0.4, 0.5) is 10.5 Å². The largest absolute Gasteiger partial charge is 0.337 e. The number of aryl methyl sites for hydroxylation is 1. The molecule has 3 heteroatoms. The van der Waals surface area contributed by atoms with Gasteiger partial charge in [-0.25, -0.2) is 4.79 Å². The highest BCUT2D eigenvalue weighted by Gasteiger charge is 2.34. The quantitative estimate of drug-likeness (QED) is 0.642. The average Bonchev–Trinajstić information content (AvgIpc) is 2.68. The Morgan fingerprint density at radius 2 is 1.64 bits per heavy atom. The summed E-state index contributed by atoms with van der Waals surface area (Å²) in [4.78, 5) is 12.8. The van der Waals surface area contributed by atoms with Crippen molar-refractivity contribution in [2.75, 3.05) is 11.9 Å². The van der Waals surface area contributed by atoms with E-state index in [1.807, 2.05) is 0 Å². The van der Waals surface area contributed by atoms with Gasteiger partial charge < -0.3 is 10.6 Å². The predicted octanol–water partition coefficient (Wildman–Crippen LogP) is 6.32. The Hall–Kier alpha value is -2.29. The van der Waals surface area contributed by atoms with E-state index in [0.717, 1.165) is 29.7 Å². The number of urea groups is 1. The maximum absolute atomic E-state index is 12.8. The molecule has 0 saturated heterocycles. The number of carbonyl (C=O) groups excluding carboxylic acids is 1. The molecule has 1 fully saturated rings. The van der Waals surface area contributed by atoms with E-state index in [9.17, 15) is 4.79 Å². The molecule has 1 aliphatic rings. The molecule has 1 aliphatic carbocycles. The SMILES string of the molecule is Cc1cccc(C(C)(C)C)c1NC(=O)NCC1(c2ccccc2)CCCCC1. The third-order valence-electron chi connectivity index (χ3n) is 6.10. The van der Waals surface area contributed by atoms with Gasteiger partial charge in [-0.15, -0.1) is 0 Å². The van der Waals surface area contributed by atoms with E-state index in [1.165, 1.54) is 24.8 Å². The van der Waals surface area contributed by atoms with Crippen LogP contribution in [0, 0.1) is 6.92 Å². The Balaban J connectivity index is 1.75. The van der Waals surface area contributed by atoms with Crippen LogP contribution in [0.15, 0.2) is 48.5 Å². The molecule has 2 amide bonds. The highest BCUT2D eigenvalue weighted by Crippen LogP contribution is 2.39. The Bertz CT molecular complexity index is 799. The van der Waals surface area contributed by atoms with Crippen molar-refractivity contribution in [1.29, 1.82) is 0 Å². The molecule has 0 aromatic heterocycles. The third-order valence-corrected chi connectivity index (χ3v) is 6.10. The summed E-state index contributed by atoms with van der Waals surface area (Å²) in [5.74, 6) is 0. The summed E-state index contributed by atoms with van der Waals surface area (Å²) >= 11 is 0. The minimum absolute atomic E-state index is 0.0245. The van der Waals surface area contributed by atoms with Crippen molar-refractivity contribution in [2.45, 2.75) is 70.6 Å². The fraction of sp³-hybridized carbons (Fsp3) is 0.480. The minimum atomic E-state index is -0.110. The van der Waals surface area contributed by atoms with Gasteiger partial charge in [0.1, 0.15) is 0 Å². The van der Waals surface area contributed by atoms with Crippen molar-refractivity contribution in [3.05, 3.63) is 65.2 Å². The average molecular weight is 379 g/mol. The number of para-hydroxylation sites is 1. The van der Waals surface area contributed by atoms with Gasteiger partial charge in [0.15, 0.2) is 0 Å². The van der Waals surface area contributed by atoms with Crippen LogP contribution < -0.4 is 10.6 Å². The monoisotopic (exact) mass is 378 g/mol. The van der Waals surface area contributed by atoms with E-state index in [4.69, 9.17) is 0 Å². The Morgan fingerprint density at radius 3 is 2.29 bits per heavy atom. The summed E-state index contributed by atoms with van der Waals surface area (Å²) in [5.41, 5.74) is 4.57. The van der Waals surface area contributed by atoms with Gasteiger partial charge in [-0.1, -0.05) is 88.6 Å². The number of carbonyl (C=O) groups is 1. The van der Waals surface area contributed by atoms with Crippen LogP contribution in [0.5, 0.6) is 0 Å². The first-order valence-electron chi connectivity index (χ1n) is 10.5. The van der Waals surface area contributed by atoms with Gasteiger partial charge in [0.25, 0.3) is 0 Å². The van der Waals surface area contributed by atoms with Crippen LogP contribution in [0.25, 0.3) is 0 Å². The number of hydrogen-bond donors (Lipinski definition) is 2. The highest BCUT2D eigenvalue weighted by molar-refractivity contribution is 5.91. The van der Waals surface area contributed by atoms with Gasteiger partial charge in [-0.3, -0.25) is 0 Å². The van der Waals surface area contributed by atoms with E-state index < -0.39 is 0 Å². The molecule has 3 nitrogen and oxygen atoms in total. The molecule has 3 rings (SSSR count). The molecule has 0 bridgehead atoms. The van der Waals surface area contributed by atoms with Crippen LogP contribution in [0.3, 0.4) is 0 Å². The highest BCUT2D eigenvalue weighted by atomic mass is 16.2. The maximum atomic E-state index is 12.8. The second kappa shape index (κ2) is 8.38. The number of amides is 2. The van der Waals surface area contributed by atoms with Gasteiger partial charge >= 0.3 is 6.03 Å². The zero-order valence-corrected chi connectivity index (χ0v) is 17.8. The van der Waals surface area contributed by atoms with Gasteiger partial charge in [0.05, 0.1) is 0 Å². The van der Waals surface area contributed by atoms with Crippen LogP contribution in [-0.2, 0) is 10.8 Å². The fourth-order valence-electron chi connectivity index (χ4n) is 4.45. The van der Waals surface area contributed by atoms with Crippen molar-refractivity contribution in [3.8, 4) is 0 Å². The van der Waals surface area contributed by atoms with Gasteiger partial charge in [0.2, 0.25) is 0 Å². The summed E-state index contributed by atoms with van der Waals surface area (Å²) < 4.78 is 0. The molecule has 0 radical (unpaired) electrons. The molecule has 0 atom stereocenters. The molecule has 0 spiro atoms. The van der Waals surface area contributed by atoms with Gasteiger partial charge in [0, 0.05) is 17.6 Å². The van der Waals surface area contributed by atoms with Crippen molar-refractivity contribution < 1.29 is 4.79 Å². The molecule has 0 heterocycles. The van der Waals surface area contributed by atoms with Crippen molar-refractivity contribution >= 4 is 11.7 Å². The lowest BCUT2D eigenvalue weighted by Crippen LogP contribution is -2.43. The van der Waals surface area contributed by atoms with E-state index in [-0.39, 0.29) is 16.9 Å². The lowest BCUT2D eigenvalue weighted by atomic mass is 9.69. The molecule has 2 N–H and O–H groups in total. The number of nitrogens with one attached hydrogen (secondary N) is 2. The van der Waals surface area contributed by atoms with Crippen molar-refractivity contribution in [1.82, 2.24) is 5.32 Å². The first kappa shape index (κ1) is 20.4. The predicted molar refractivity (Wildman–Crippen MR) is 118 cm³/mol. The normalized spacial score (nSPS) is 16.4. The number of anilines is 1. The lowest BCUT2D eigenvalue weighted by Gasteiger charge is -2.38. The minimum Gasteiger partial charge on any atom is -0.337 e. The first-order valence-corrected chi connectivity index (χ1v) is 10.5. The molecule has 1 saturated carbocycles.